The Labute approximate surface area is 95.9 Å². The lowest BCUT2D eigenvalue weighted by molar-refractivity contribution is 0.600. The molecule has 1 aliphatic rings. The molecule has 1 aromatic carbocycles. The van der Waals surface area contributed by atoms with Crippen molar-refractivity contribution in [1.82, 2.24) is 0 Å². The molecule has 0 aromatic heterocycles. The molecule has 0 spiro atoms. The van der Waals surface area contributed by atoms with E-state index in [1.165, 1.54) is 0 Å². The SMILES string of the molecule is CC(N)c1ccc(NS(=O)(=O)C2CC2)cc1. The molecule has 1 unspecified atom stereocenters. The van der Waals surface area contributed by atoms with Gasteiger partial charge in [-0.15, -0.1) is 0 Å². The molecule has 88 valence electrons. The minimum Gasteiger partial charge on any atom is -0.324 e. The summed E-state index contributed by atoms with van der Waals surface area (Å²) >= 11 is 0. The lowest BCUT2D eigenvalue weighted by Crippen LogP contribution is -2.17. The van der Waals surface area contributed by atoms with E-state index in [0.717, 1.165) is 18.4 Å². The zero-order valence-electron chi connectivity index (χ0n) is 9.18. The Balaban J connectivity index is 2.10. The van der Waals surface area contributed by atoms with E-state index in [1.807, 2.05) is 19.1 Å². The van der Waals surface area contributed by atoms with Crippen molar-refractivity contribution in [2.24, 2.45) is 5.73 Å². The smallest absolute Gasteiger partial charge is 0.235 e. The molecule has 3 N–H and O–H groups in total. The van der Waals surface area contributed by atoms with E-state index in [1.54, 1.807) is 12.1 Å². The highest BCUT2D eigenvalue weighted by Crippen LogP contribution is 2.29. The Bertz CT molecular complexity index is 461. The maximum absolute atomic E-state index is 11.6. The highest BCUT2D eigenvalue weighted by atomic mass is 32.2. The summed E-state index contributed by atoms with van der Waals surface area (Å²) < 4.78 is 25.9. The van der Waals surface area contributed by atoms with Crippen molar-refractivity contribution in [3.63, 3.8) is 0 Å². The van der Waals surface area contributed by atoms with E-state index in [0.29, 0.717) is 5.69 Å². The van der Waals surface area contributed by atoms with Gasteiger partial charge in [0.2, 0.25) is 10.0 Å². The molecule has 0 heterocycles. The van der Waals surface area contributed by atoms with Gasteiger partial charge in [0.1, 0.15) is 0 Å². The normalized spacial score (nSPS) is 18.1. The summed E-state index contributed by atoms with van der Waals surface area (Å²) in [6.07, 6.45) is 1.54. The summed E-state index contributed by atoms with van der Waals surface area (Å²) in [5, 5.41) is -0.194. The van der Waals surface area contributed by atoms with Crippen molar-refractivity contribution in [2.75, 3.05) is 4.72 Å². The standard InChI is InChI=1S/C11H16N2O2S/c1-8(12)9-2-4-10(5-3-9)13-16(14,15)11-6-7-11/h2-5,8,11,13H,6-7,12H2,1H3. The first-order valence-electron chi connectivity index (χ1n) is 5.36. The van der Waals surface area contributed by atoms with Crippen LogP contribution in [0.4, 0.5) is 5.69 Å². The first kappa shape index (κ1) is 11.4. The molecule has 4 nitrogen and oxygen atoms in total. The summed E-state index contributed by atoms with van der Waals surface area (Å²) in [6, 6.07) is 7.15. The predicted molar refractivity (Wildman–Crippen MR) is 64.6 cm³/mol. The van der Waals surface area contributed by atoms with E-state index in [2.05, 4.69) is 4.72 Å². The maximum Gasteiger partial charge on any atom is 0.235 e. The topological polar surface area (TPSA) is 72.2 Å². The van der Waals surface area contributed by atoms with Crippen molar-refractivity contribution < 1.29 is 8.42 Å². The van der Waals surface area contributed by atoms with Gasteiger partial charge in [0, 0.05) is 11.7 Å². The van der Waals surface area contributed by atoms with E-state index in [4.69, 9.17) is 5.73 Å². The Morgan fingerprint density at radius 3 is 2.31 bits per heavy atom. The minimum absolute atomic E-state index is 0.0333. The van der Waals surface area contributed by atoms with Crippen LogP contribution in [-0.4, -0.2) is 13.7 Å². The van der Waals surface area contributed by atoms with Crippen LogP contribution in [0, 0.1) is 0 Å². The van der Waals surface area contributed by atoms with Crippen LogP contribution in [0.1, 0.15) is 31.4 Å². The van der Waals surface area contributed by atoms with Crippen molar-refractivity contribution in [3.8, 4) is 0 Å². The number of hydrogen-bond donors (Lipinski definition) is 2. The molecular weight excluding hydrogens is 224 g/mol. The molecule has 0 radical (unpaired) electrons. The van der Waals surface area contributed by atoms with Gasteiger partial charge in [0.25, 0.3) is 0 Å². The zero-order chi connectivity index (χ0) is 11.8. The second kappa shape index (κ2) is 4.07. The van der Waals surface area contributed by atoms with Crippen LogP contribution >= 0.6 is 0 Å². The van der Waals surface area contributed by atoms with Gasteiger partial charge in [0.05, 0.1) is 5.25 Å². The first-order chi connectivity index (χ1) is 7.49. The molecule has 1 saturated carbocycles. The van der Waals surface area contributed by atoms with Crippen LogP contribution in [0.15, 0.2) is 24.3 Å². The second-order valence-corrected chi connectivity index (χ2v) is 6.22. The van der Waals surface area contributed by atoms with Crippen molar-refractivity contribution >= 4 is 15.7 Å². The minimum atomic E-state index is -3.15. The number of sulfonamides is 1. The van der Waals surface area contributed by atoms with Gasteiger partial charge in [-0.05, 0) is 37.5 Å². The number of nitrogens with one attached hydrogen (secondary N) is 1. The molecular formula is C11H16N2O2S. The largest absolute Gasteiger partial charge is 0.324 e. The molecule has 2 rings (SSSR count). The quantitative estimate of drug-likeness (QED) is 0.839. The third-order valence-corrected chi connectivity index (χ3v) is 4.53. The molecule has 1 aliphatic carbocycles. The average molecular weight is 240 g/mol. The Morgan fingerprint density at radius 1 is 1.31 bits per heavy atom. The van der Waals surface area contributed by atoms with Gasteiger partial charge >= 0.3 is 0 Å². The highest BCUT2D eigenvalue weighted by molar-refractivity contribution is 7.93. The van der Waals surface area contributed by atoms with E-state index in [-0.39, 0.29) is 11.3 Å². The van der Waals surface area contributed by atoms with E-state index in [9.17, 15) is 8.42 Å². The number of benzene rings is 1. The molecule has 0 bridgehead atoms. The molecule has 0 saturated heterocycles. The van der Waals surface area contributed by atoms with Gasteiger partial charge in [0.15, 0.2) is 0 Å². The highest BCUT2D eigenvalue weighted by Gasteiger charge is 2.35. The number of anilines is 1. The molecule has 1 atom stereocenters. The van der Waals surface area contributed by atoms with Gasteiger partial charge in [-0.3, -0.25) is 4.72 Å². The molecule has 0 amide bonds. The number of rotatable bonds is 4. The Morgan fingerprint density at radius 2 is 1.88 bits per heavy atom. The van der Waals surface area contributed by atoms with Crippen LogP contribution in [0.2, 0.25) is 0 Å². The lowest BCUT2D eigenvalue weighted by Gasteiger charge is -2.09. The van der Waals surface area contributed by atoms with Crippen LogP contribution < -0.4 is 10.5 Å². The van der Waals surface area contributed by atoms with Gasteiger partial charge in [-0.1, -0.05) is 12.1 Å². The molecule has 5 heteroatoms. The van der Waals surface area contributed by atoms with Gasteiger partial charge in [-0.25, -0.2) is 8.42 Å². The maximum atomic E-state index is 11.6. The van der Waals surface area contributed by atoms with Crippen LogP contribution in [-0.2, 0) is 10.0 Å². The lowest BCUT2D eigenvalue weighted by atomic mass is 10.1. The number of nitrogens with two attached hydrogens (primary N) is 1. The van der Waals surface area contributed by atoms with Crippen molar-refractivity contribution in [1.29, 1.82) is 0 Å². The molecule has 0 aliphatic heterocycles. The summed E-state index contributed by atoms with van der Waals surface area (Å²) in [5.74, 6) is 0. The third-order valence-electron chi connectivity index (χ3n) is 2.66. The average Bonchev–Trinajstić information content (AvgIpc) is 3.01. The fourth-order valence-electron chi connectivity index (χ4n) is 1.48. The van der Waals surface area contributed by atoms with Crippen molar-refractivity contribution in [3.05, 3.63) is 29.8 Å². The Hall–Kier alpha value is -1.07. The monoisotopic (exact) mass is 240 g/mol. The second-order valence-electron chi connectivity index (χ2n) is 4.26. The molecule has 1 fully saturated rings. The number of hydrogen-bond acceptors (Lipinski definition) is 3. The third kappa shape index (κ3) is 2.54. The summed E-state index contributed by atoms with van der Waals surface area (Å²) in [5.41, 5.74) is 7.31. The first-order valence-corrected chi connectivity index (χ1v) is 6.91. The predicted octanol–water partition coefficient (Wildman–Crippen LogP) is 1.61. The van der Waals surface area contributed by atoms with E-state index < -0.39 is 10.0 Å². The van der Waals surface area contributed by atoms with Crippen molar-refractivity contribution in [2.45, 2.75) is 31.1 Å². The van der Waals surface area contributed by atoms with Crippen LogP contribution in [0.3, 0.4) is 0 Å². The fraction of sp³-hybridized carbons (Fsp3) is 0.455. The molecule has 1 aromatic rings. The molecule has 16 heavy (non-hydrogen) atoms. The van der Waals surface area contributed by atoms with E-state index >= 15 is 0 Å². The van der Waals surface area contributed by atoms with Gasteiger partial charge in [-0.2, -0.15) is 0 Å². The van der Waals surface area contributed by atoms with Gasteiger partial charge < -0.3 is 5.73 Å². The summed E-state index contributed by atoms with van der Waals surface area (Å²) in [4.78, 5) is 0. The summed E-state index contributed by atoms with van der Waals surface area (Å²) in [6.45, 7) is 1.89. The zero-order valence-corrected chi connectivity index (χ0v) is 10.00. The van der Waals surface area contributed by atoms with Crippen LogP contribution in [0.5, 0.6) is 0 Å². The van der Waals surface area contributed by atoms with Crippen LogP contribution in [0.25, 0.3) is 0 Å². The fourth-order valence-corrected chi connectivity index (χ4v) is 2.87. The Kier molecular flexibility index (Phi) is 2.90. The summed E-state index contributed by atoms with van der Waals surface area (Å²) in [7, 11) is -3.15.